The van der Waals surface area contributed by atoms with Crippen molar-refractivity contribution in [2.24, 2.45) is 0 Å². The molecule has 4 N–H and O–H groups in total. The van der Waals surface area contributed by atoms with Gasteiger partial charge in [0.25, 0.3) is 5.91 Å². The molecule has 0 unspecified atom stereocenters. The first-order chi connectivity index (χ1) is 12.7. The van der Waals surface area contributed by atoms with Crippen LogP contribution in [0.5, 0.6) is 0 Å². The third-order valence-corrected chi connectivity index (χ3v) is 3.46. The van der Waals surface area contributed by atoms with E-state index in [9.17, 15) is 18.0 Å². The van der Waals surface area contributed by atoms with Crippen LogP contribution in [0, 0.1) is 17.5 Å². The van der Waals surface area contributed by atoms with Crippen molar-refractivity contribution < 1.29 is 33.0 Å². The van der Waals surface area contributed by atoms with Crippen LogP contribution in [0.3, 0.4) is 0 Å². The molecule has 7 nitrogen and oxygen atoms in total. The van der Waals surface area contributed by atoms with Crippen molar-refractivity contribution in [1.82, 2.24) is 10.5 Å². The van der Waals surface area contributed by atoms with E-state index >= 15 is 0 Å². The van der Waals surface area contributed by atoms with Gasteiger partial charge in [-0.1, -0.05) is 17.1 Å². The van der Waals surface area contributed by atoms with Crippen molar-refractivity contribution in [3.05, 3.63) is 46.4 Å². The Bertz CT molecular complexity index is 860. The molecule has 142 valence electrons. The Morgan fingerprint density at radius 2 is 2.04 bits per heavy atom. The second-order valence-corrected chi connectivity index (χ2v) is 5.61. The number of nitrogens with one attached hydrogen (secondary N) is 2. The van der Waals surface area contributed by atoms with Crippen LogP contribution in [-0.2, 0) is 4.84 Å². The fraction of sp³-hybridized carbons (Fsp3) is 0.200. The predicted octanol–water partition coefficient (Wildman–Crippen LogP) is 0.704. The zero-order chi connectivity index (χ0) is 20.1. The van der Waals surface area contributed by atoms with E-state index in [4.69, 9.17) is 29.7 Å². The highest BCUT2D eigenvalue weighted by atomic mass is 35.5. The number of anilines is 2. The molecular formula is C15H12BClF3N3O4. The molecule has 2 radical (unpaired) electrons. The molecule has 27 heavy (non-hydrogen) atoms. The number of aliphatic hydroxyl groups excluding tert-OH is 2. The number of hydrogen-bond acceptors (Lipinski definition) is 6. The molecule has 1 aromatic heterocycles. The van der Waals surface area contributed by atoms with E-state index in [0.717, 1.165) is 18.3 Å². The molecule has 0 saturated heterocycles. The Morgan fingerprint density at radius 1 is 1.33 bits per heavy atom. The first-order valence-corrected chi connectivity index (χ1v) is 7.69. The number of aromatic nitrogens is 1. The molecule has 0 aliphatic carbocycles. The van der Waals surface area contributed by atoms with Crippen molar-refractivity contribution in [3.63, 3.8) is 0 Å². The summed E-state index contributed by atoms with van der Waals surface area (Å²) in [6, 6.07) is 1.71. The lowest BCUT2D eigenvalue weighted by Crippen LogP contribution is -2.30. The second kappa shape index (κ2) is 9.04. The zero-order valence-electron chi connectivity index (χ0n) is 13.5. The number of pyridine rings is 1. The second-order valence-electron chi connectivity index (χ2n) is 5.20. The molecule has 0 fully saturated rings. The fourth-order valence-electron chi connectivity index (χ4n) is 1.89. The van der Waals surface area contributed by atoms with Crippen LogP contribution in [0.1, 0.15) is 10.4 Å². The smallest absolute Gasteiger partial charge is 0.277 e. The van der Waals surface area contributed by atoms with Gasteiger partial charge in [-0.25, -0.2) is 23.6 Å². The number of aliphatic hydroxyl groups is 2. The summed E-state index contributed by atoms with van der Waals surface area (Å²) in [5.74, 6) is -4.98. The number of amides is 1. The third-order valence-electron chi connectivity index (χ3n) is 3.19. The van der Waals surface area contributed by atoms with Gasteiger partial charge in [-0.15, -0.1) is 0 Å². The molecular weight excluding hydrogens is 389 g/mol. The van der Waals surface area contributed by atoms with Crippen LogP contribution >= 0.6 is 11.6 Å². The third kappa shape index (κ3) is 5.10. The summed E-state index contributed by atoms with van der Waals surface area (Å²) in [5, 5.41) is 19.4. The Balaban J connectivity index is 2.34. The van der Waals surface area contributed by atoms with Gasteiger partial charge in [0.1, 0.15) is 32.2 Å². The van der Waals surface area contributed by atoms with E-state index in [2.05, 4.69) is 15.1 Å². The summed E-state index contributed by atoms with van der Waals surface area (Å²) in [5.41, 5.74) is 0.497. The highest BCUT2D eigenvalue weighted by Gasteiger charge is 2.23. The number of hydrogen-bond donors (Lipinski definition) is 4. The van der Waals surface area contributed by atoms with Gasteiger partial charge in [-0.2, -0.15) is 0 Å². The van der Waals surface area contributed by atoms with Crippen molar-refractivity contribution in [3.8, 4) is 0 Å². The van der Waals surface area contributed by atoms with Crippen LogP contribution in [0.25, 0.3) is 0 Å². The molecule has 0 bridgehead atoms. The maximum atomic E-state index is 14.3. The van der Waals surface area contributed by atoms with E-state index in [-0.39, 0.29) is 11.3 Å². The highest BCUT2D eigenvalue weighted by molar-refractivity contribution is 6.35. The van der Waals surface area contributed by atoms with Crippen LogP contribution in [0.15, 0.2) is 18.3 Å². The molecule has 2 aromatic rings. The lowest BCUT2D eigenvalue weighted by atomic mass is 9.96. The Kier molecular flexibility index (Phi) is 7.02. The van der Waals surface area contributed by atoms with E-state index in [1.807, 2.05) is 5.48 Å². The maximum absolute atomic E-state index is 14.3. The van der Waals surface area contributed by atoms with Crippen LogP contribution in [0.2, 0.25) is 5.02 Å². The molecule has 1 atom stereocenters. The molecule has 0 aliphatic rings. The molecule has 0 spiro atoms. The quantitative estimate of drug-likeness (QED) is 0.309. The zero-order valence-corrected chi connectivity index (χ0v) is 14.2. The van der Waals surface area contributed by atoms with Crippen molar-refractivity contribution >= 4 is 42.3 Å². The molecule has 1 amide bonds. The molecule has 12 heteroatoms. The van der Waals surface area contributed by atoms with Crippen LogP contribution in [-0.4, -0.2) is 48.3 Å². The lowest BCUT2D eigenvalue weighted by Gasteiger charge is -2.16. The minimum atomic E-state index is -1.51. The molecule has 1 heterocycles. The predicted molar refractivity (Wildman–Crippen MR) is 90.7 cm³/mol. The first kappa shape index (κ1) is 21.0. The van der Waals surface area contributed by atoms with E-state index in [1.165, 1.54) is 0 Å². The Hall–Kier alpha value is -2.34. The first-order valence-electron chi connectivity index (χ1n) is 7.31. The van der Waals surface area contributed by atoms with Gasteiger partial charge >= 0.3 is 0 Å². The summed E-state index contributed by atoms with van der Waals surface area (Å²) < 4.78 is 41.2. The molecule has 0 aliphatic heterocycles. The van der Waals surface area contributed by atoms with E-state index in [0.29, 0.717) is 0 Å². The number of carbonyl (C=O) groups excluding carboxylic acids is 1. The van der Waals surface area contributed by atoms with Gasteiger partial charge in [0.15, 0.2) is 11.6 Å². The van der Waals surface area contributed by atoms with Crippen LogP contribution < -0.4 is 16.3 Å². The average molecular weight is 402 g/mol. The number of halogens is 4. The number of benzene rings is 1. The molecule has 0 saturated carbocycles. The number of nitrogens with zero attached hydrogens (tertiary/aromatic N) is 1. The Labute approximate surface area is 157 Å². The minimum Gasteiger partial charge on any atom is -0.394 e. The molecule has 1 aromatic carbocycles. The molecule has 2 rings (SSSR count). The normalized spacial score (nSPS) is 11.9. The maximum Gasteiger partial charge on any atom is 0.277 e. The summed E-state index contributed by atoms with van der Waals surface area (Å²) in [4.78, 5) is 20.5. The summed E-state index contributed by atoms with van der Waals surface area (Å²) in [6.07, 6.45) is -0.484. The standard InChI is InChI=1S/C15H12BClF3N3O4/c16-9-1-6(18)3-21-14(9)22-13-8(2-10(17)11(19)12(13)20)15(26)23-27-5-7(25)4-24/h1-3,7,24-25H,4-5H2,(H,21,22)(H,23,26)/t7-/m1/s1. The number of rotatable bonds is 7. The SMILES string of the molecule is [B]c1cc(F)cnc1Nc1c(C(=O)NOC[C@H](O)CO)cc(Cl)c(F)c1F. The highest BCUT2D eigenvalue weighted by Crippen LogP contribution is 2.30. The number of hydroxylamine groups is 1. The summed E-state index contributed by atoms with van der Waals surface area (Å²) in [7, 11) is 5.56. The van der Waals surface area contributed by atoms with Gasteiger partial charge in [0.05, 0.1) is 29.1 Å². The summed E-state index contributed by atoms with van der Waals surface area (Å²) >= 11 is 5.57. The van der Waals surface area contributed by atoms with Gasteiger partial charge in [0.2, 0.25) is 0 Å². The minimum absolute atomic E-state index is 0.224. The number of carbonyl (C=O) groups is 1. The topological polar surface area (TPSA) is 104 Å². The van der Waals surface area contributed by atoms with Crippen molar-refractivity contribution in [1.29, 1.82) is 0 Å². The lowest BCUT2D eigenvalue weighted by molar-refractivity contribution is -0.0295. The fourth-order valence-corrected chi connectivity index (χ4v) is 2.08. The van der Waals surface area contributed by atoms with Gasteiger partial charge in [-0.3, -0.25) is 9.63 Å². The monoisotopic (exact) mass is 401 g/mol. The van der Waals surface area contributed by atoms with E-state index in [1.54, 1.807) is 0 Å². The average Bonchev–Trinajstić information content (AvgIpc) is 2.63. The Morgan fingerprint density at radius 3 is 2.67 bits per heavy atom. The van der Waals surface area contributed by atoms with Gasteiger partial charge in [-0.05, 0) is 12.1 Å². The van der Waals surface area contributed by atoms with Crippen molar-refractivity contribution in [2.45, 2.75) is 6.10 Å². The van der Waals surface area contributed by atoms with Gasteiger partial charge in [0, 0.05) is 0 Å². The van der Waals surface area contributed by atoms with Crippen LogP contribution in [0.4, 0.5) is 24.7 Å². The van der Waals surface area contributed by atoms with E-state index < -0.39 is 59.0 Å². The van der Waals surface area contributed by atoms with Gasteiger partial charge < -0.3 is 15.5 Å². The summed E-state index contributed by atoms with van der Waals surface area (Å²) in [6.45, 7) is -1.08. The van der Waals surface area contributed by atoms with Crippen molar-refractivity contribution in [2.75, 3.05) is 18.5 Å². The largest absolute Gasteiger partial charge is 0.394 e.